The monoisotopic (exact) mass is 277 g/mol. The predicted molar refractivity (Wildman–Crippen MR) is 59.3 cm³/mol. The minimum absolute atomic E-state index is 0.363. The summed E-state index contributed by atoms with van der Waals surface area (Å²) in [6.07, 6.45) is -2.95. The number of hydrogen-bond donors (Lipinski definition) is 1. The Balaban J connectivity index is 1.97. The number of ether oxygens (including phenoxy) is 1. The third-order valence-corrected chi connectivity index (χ3v) is 3.02. The Morgan fingerprint density at radius 1 is 1.47 bits per heavy atom. The van der Waals surface area contributed by atoms with Gasteiger partial charge in [0, 0.05) is 19.2 Å². The second-order valence-corrected chi connectivity index (χ2v) is 4.41. The number of esters is 1. The Bertz CT molecular complexity index is 452. The smallest absolute Gasteiger partial charge is 0.432 e. The van der Waals surface area contributed by atoms with Crippen LogP contribution < -0.4 is 0 Å². The molecule has 1 unspecified atom stereocenters. The Labute approximate surface area is 107 Å². The van der Waals surface area contributed by atoms with E-state index in [9.17, 15) is 18.0 Å². The number of likely N-dealkylation sites (tertiary alicyclic amines) is 1. The van der Waals surface area contributed by atoms with E-state index < -0.39 is 24.1 Å². The zero-order chi connectivity index (χ0) is 14.0. The number of carbonyl (C=O) groups excluding carboxylic acids is 1. The fourth-order valence-electron chi connectivity index (χ4n) is 1.97. The van der Waals surface area contributed by atoms with Gasteiger partial charge in [-0.3, -0.25) is 10.00 Å². The Kier molecular flexibility index (Phi) is 3.79. The summed E-state index contributed by atoms with van der Waals surface area (Å²) in [7, 11) is 0. The van der Waals surface area contributed by atoms with E-state index in [1.165, 1.54) is 0 Å². The van der Waals surface area contributed by atoms with Crippen LogP contribution in [0.3, 0.4) is 0 Å². The number of hydrogen-bond acceptors (Lipinski definition) is 4. The van der Waals surface area contributed by atoms with Gasteiger partial charge in [-0.05, 0) is 19.8 Å². The van der Waals surface area contributed by atoms with E-state index >= 15 is 0 Å². The van der Waals surface area contributed by atoms with Gasteiger partial charge < -0.3 is 4.74 Å². The Morgan fingerprint density at radius 2 is 2.11 bits per heavy atom. The number of nitrogens with one attached hydrogen (secondary N) is 1. The molecule has 1 aromatic rings. The van der Waals surface area contributed by atoms with Crippen molar-refractivity contribution in [1.82, 2.24) is 15.1 Å². The molecule has 1 aliphatic heterocycles. The van der Waals surface area contributed by atoms with Crippen molar-refractivity contribution in [1.29, 1.82) is 0 Å². The summed E-state index contributed by atoms with van der Waals surface area (Å²) in [5.74, 6) is -0.855. The van der Waals surface area contributed by atoms with Crippen molar-refractivity contribution in [3.8, 4) is 0 Å². The molecule has 106 valence electrons. The van der Waals surface area contributed by atoms with Crippen LogP contribution in [0.15, 0.2) is 6.07 Å². The molecule has 0 bridgehead atoms. The highest BCUT2D eigenvalue weighted by Crippen LogP contribution is 2.27. The van der Waals surface area contributed by atoms with Gasteiger partial charge >= 0.3 is 12.1 Å². The lowest BCUT2D eigenvalue weighted by Gasteiger charge is -2.22. The van der Waals surface area contributed by atoms with E-state index in [1.54, 1.807) is 12.0 Å². The van der Waals surface area contributed by atoms with Crippen LogP contribution in [0.4, 0.5) is 13.2 Å². The molecule has 2 heterocycles. The molecule has 0 aromatic carbocycles. The number of carbonyl (C=O) groups is 1. The third kappa shape index (κ3) is 3.25. The number of H-pyrrole nitrogens is 1. The maximum Gasteiger partial charge on any atom is 0.432 e. The number of halogens is 3. The lowest BCUT2D eigenvalue weighted by molar-refractivity contribution is -0.141. The SMILES string of the molecule is CC(OC(=O)c1cc(C(F)(F)F)[nH]n1)N1CCCC1. The molecular weight excluding hydrogens is 263 g/mol. The first kappa shape index (κ1) is 13.9. The summed E-state index contributed by atoms with van der Waals surface area (Å²) in [4.78, 5) is 13.6. The molecule has 1 fully saturated rings. The van der Waals surface area contributed by atoms with Crippen molar-refractivity contribution < 1.29 is 22.7 Å². The van der Waals surface area contributed by atoms with Crippen LogP contribution in [-0.4, -0.2) is 40.4 Å². The molecular formula is C11H14F3N3O2. The second-order valence-electron chi connectivity index (χ2n) is 4.41. The molecule has 5 nitrogen and oxygen atoms in total. The second kappa shape index (κ2) is 5.20. The molecule has 1 aromatic heterocycles. The van der Waals surface area contributed by atoms with E-state index in [0.29, 0.717) is 6.07 Å². The summed E-state index contributed by atoms with van der Waals surface area (Å²) < 4.78 is 42.1. The van der Waals surface area contributed by atoms with Crippen molar-refractivity contribution in [3.05, 3.63) is 17.5 Å². The van der Waals surface area contributed by atoms with Crippen molar-refractivity contribution in [2.75, 3.05) is 13.1 Å². The summed E-state index contributed by atoms with van der Waals surface area (Å²) in [6.45, 7) is 3.34. The molecule has 1 aliphatic rings. The van der Waals surface area contributed by atoms with Crippen molar-refractivity contribution in [2.24, 2.45) is 0 Å². The van der Waals surface area contributed by atoms with Gasteiger partial charge in [0.2, 0.25) is 0 Å². The van der Waals surface area contributed by atoms with Crippen molar-refractivity contribution >= 4 is 5.97 Å². The molecule has 0 amide bonds. The largest absolute Gasteiger partial charge is 0.442 e. The zero-order valence-corrected chi connectivity index (χ0v) is 10.3. The molecule has 0 radical (unpaired) electrons. The average molecular weight is 277 g/mol. The molecule has 0 saturated carbocycles. The molecule has 0 aliphatic carbocycles. The van der Waals surface area contributed by atoms with Gasteiger partial charge in [0.05, 0.1) is 0 Å². The lowest BCUT2D eigenvalue weighted by atomic mass is 10.3. The molecule has 1 saturated heterocycles. The number of nitrogens with zero attached hydrogens (tertiary/aromatic N) is 2. The van der Waals surface area contributed by atoms with Gasteiger partial charge in [-0.15, -0.1) is 0 Å². The summed E-state index contributed by atoms with van der Waals surface area (Å²) in [5.41, 5.74) is -1.42. The van der Waals surface area contributed by atoms with Gasteiger partial charge in [0.15, 0.2) is 11.9 Å². The summed E-state index contributed by atoms with van der Waals surface area (Å²) >= 11 is 0. The van der Waals surface area contributed by atoms with E-state index in [0.717, 1.165) is 25.9 Å². The molecule has 19 heavy (non-hydrogen) atoms. The topological polar surface area (TPSA) is 58.2 Å². The fraction of sp³-hybridized carbons (Fsp3) is 0.636. The highest BCUT2D eigenvalue weighted by molar-refractivity contribution is 5.87. The molecule has 1 atom stereocenters. The first-order valence-electron chi connectivity index (χ1n) is 5.95. The molecule has 1 N–H and O–H groups in total. The maximum atomic E-state index is 12.3. The lowest BCUT2D eigenvalue weighted by Crippen LogP contribution is -2.34. The van der Waals surface area contributed by atoms with Gasteiger partial charge in [-0.1, -0.05) is 0 Å². The van der Waals surface area contributed by atoms with Gasteiger partial charge in [0.25, 0.3) is 0 Å². The van der Waals surface area contributed by atoms with Crippen LogP contribution in [0.5, 0.6) is 0 Å². The average Bonchev–Trinajstić information content (AvgIpc) is 3.00. The quantitative estimate of drug-likeness (QED) is 0.859. The van der Waals surface area contributed by atoms with Gasteiger partial charge in [-0.25, -0.2) is 4.79 Å². The standard InChI is InChI=1S/C11H14F3N3O2/c1-7(17-4-2-3-5-17)19-10(18)8-6-9(16-15-8)11(12,13)14/h6-7H,2-5H2,1H3,(H,15,16). The fourth-order valence-corrected chi connectivity index (χ4v) is 1.97. The highest BCUT2D eigenvalue weighted by atomic mass is 19.4. The van der Waals surface area contributed by atoms with Crippen LogP contribution in [0, 0.1) is 0 Å². The molecule has 0 spiro atoms. The summed E-state index contributed by atoms with van der Waals surface area (Å²) in [6, 6.07) is 0.652. The van der Waals surface area contributed by atoms with Crippen LogP contribution in [0.2, 0.25) is 0 Å². The number of aromatic amines is 1. The van der Waals surface area contributed by atoms with E-state index in [2.05, 4.69) is 5.10 Å². The first-order valence-corrected chi connectivity index (χ1v) is 5.95. The number of aromatic nitrogens is 2. The predicted octanol–water partition coefficient (Wildman–Crippen LogP) is 2.03. The Morgan fingerprint density at radius 3 is 2.63 bits per heavy atom. The van der Waals surface area contributed by atoms with Gasteiger partial charge in [-0.2, -0.15) is 18.3 Å². The minimum atomic E-state index is -4.55. The number of alkyl halides is 3. The van der Waals surface area contributed by atoms with E-state index in [1.807, 2.05) is 4.90 Å². The third-order valence-electron chi connectivity index (χ3n) is 3.02. The van der Waals surface area contributed by atoms with Crippen LogP contribution >= 0.6 is 0 Å². The van der Waals surface area contributed by atoms with Gasteiger partial charge in [0.1, 0.15) is 5.69 Å². The number of rotatable bonds is 3. The molecule has 2 rings (SSSR count). The highest BCUT2D eigenvalue weighted by Gasteiger charge is 2.34. The molecule has 8 heteroatoms. The zero-order valence-electron chi connectivity index (χ0n) is 10.3. The first-order chi connectivity index (χ1) is 8.88. The van der Waals surface area contributed by atoms with Crippen molar-refractivity contribution in [2.45, 2.75) is 32.2 Å². The van der Waals surface area contributed by atoms with E-state index in [-0.39, 0.29) is 5.69 Å². The minimum Gasteiger partial charge on any atom is -0.442 e. The van der Waals surface area contributed by atoms with Crippen LogP contribution in [0.1, 0.15) is 35.9 Å². The van der Waals surface area contributed by atoms with Crippen LogP contribution in [0.25, 0.3) is 0 Å². The van der Waals surface area contributed by atoms with Crippen LogP contribution in [-0.2, 0) is 10.9 Å². The normalized spacial score (nSPS) is 18.5. The Hall–Kier alpha value is -1.57. The summed E-state index contributed by atoms with van der Waals surface area (Å²) in [5, 5.41) is 5.10. The van der Waals surface area contributed by atoms with E-state index in [4.69, 9.17) is 4.74 Å². The maximum absolute atomic E-state index is 12.3. The van der Waals surface area contributed by atoms with Crippen molar-refractivity contribution in [3.63, 3.8) is 0 Å².